The van der Waals surface area contributed by atoms with Gasteiger partial charge in [-0.15, -0.1) is 0 Å². The molecule has 0 amide bonds. The zero-order chi connectivity index (χ0) is 13.9. The Hall–Kier alpha value is -0.900. The molecule has 1 saturated heterocycles. The Morgan fingerprint density at radius 2 is 2.05 bits per heavy atom. The molecule has 0 bridgehead atoms. The first kappa shape index (κ1) is 14.1. The summed E-state index contributed by atoms with van der Waals surface area (Å²) < 4.78 is 0. The van der Waals surface area contributed by atoms with E-state index in [4.69, 9.17) is 0 Å². The Bertz CT molecular complexity index is 458. The maximum absolute atomic E-state index is 3.70. The number of hydrazine groups is 1. The fourth-order valence-electron chi connectivity index (χ4n) is 3.36. The minimum atomic E-state index is 0.440. The van der Waals surface area contributed by atoms with Gasteiger partial charge in [-0.25, -0.2) is 0 Å². The SMILES string of the molecule is CC(NCC1CNNC1C)c1ccc2c(c1)CCCC2. The lowest BCUT2D eigenvalue weighted by Gasteiger charge is -2.22. The summed E-state index contributed by atoms with van der Waals surface area (Å²) in [4.78, 5) is 0. The number of benzene rings is 1. The van der Waals surface area contributed by atoms with Crippen LogP contribution in [0.1, 0.15) is 49.4 Å². The van der Waals surface area contributed by atoms with Gasteiger partial charge in [0.2, 0.25) is 0 Å². The number of hydrogen-bond acceptors (Lipinski definition) is 3. The van der Waals surface area contributed by atoms with Crippen LogP contribution in [0.3, 0.4) is 0 Å². The van der Waals surface area contributed by atoms with Gasteiger partial charge >= 0.3 is 0 Å². The van der Waals surface area contributed by atoms with E-state index in [1.807, 2.05) is 0 Å². The molecule has 0 aromatic heterocycles. The van der Waals surface area contributed by atoms with Crippen LogP contribution in [0.5, 0.6) is 0 Å². The molecule has 3 rings (SSSR count). The largest absolute Gasteiger partial charge is 0.310 e. The number of aryl methyl sites for hydroxylation is 2. The molecular formula is C17H27N3. The third-order valence-corrected chi connectivity index (χ3v) is 4.96. The molecule has 3 unspecified atom stereocenters. The Labute approximate surface area is 122 Å². The van der Waals surface area contributed by atoms with Crippen LogP contribution in [0.2, 0.25) is 0 Å². The van der Waals surface area contributed by atoms with Gasteiger partial charge in [-0.05, 0) is 56.2 Å². The van der Waals surface area contributed by atoms with Gasteiger partial charge in [0.15, 0.2) is 0 Å². The highest BCUT2D eigenvalue weighted by Gasteiger charge is 2.23. The van der Waals surface area contributed by atoms with Crippen molar-refractivity contribution in [3.05, 3.63) is 34.9 Å². The van der Waals surface area contributed by atoms with Crippen LogP contribution >= 0.6 is 0 Å². The van der Waals surface area contributed by atoms with Gasteiger partial charge in [0.25, 0.3) is 0 Å². The molecule has 3 heteroatoms. The van der Waals surface area contributed by atoms with Gasteiger partial charge in [-0.2, -0.15) is 0 Å². The highest BCUT2D eigenvalue weighted by Crippen LogP contribution is 2.24. The average Bonchev–Trinajstić information content (AvgIpc) is 2.89. The van der Waals surface area contributed by atoms with Crippen molar-refractivity contribution >= 4 is 0 Å². The van der Waals surface area contributed by atoms with Crippen molar-refractivity contribution in [2.75, 3.05) is 13.1 Å². The molecule has 1 fully saturated rings. The van der Waals surface area contributed by atoms with Crippen molar-refractivity contribution < 1.29 is 0 Å². The lowest BCUT2D eigenvalue weighted by molar-refractivity contribution is 0.428. The van der Waals surface area contributed by atoms with E-state index >= 15 is 0 Å². The topological polar surface area (TPSA) is 36.1 Å². The first-order valence-electron chi connectivity index (χ1n) is 8.07. The summed E-state index contributed by atoms with van der Waals surface area (Å²) in [6.07, 6.45) is 5.26. The number of hydrogen-bond donors (Lipinski definition) is 3. The summed E-state index contributed by atoms with van der Waals surface area (Å²) in [6.45, 7) is 6.66. The van der Waals surface area contributed by atoms with Gasteiger partial charge in [0.1, 0.15) is 0 Å². The smallest absolute Gasteiger partial charge is 0.0292 e. The van der Waals surface area contributed by atoms with Gasteiger partial charge in [0, 0.05) is 31.1 Å². The molecular weight excluding hydrogens is 246 g/mol. The predicted octanol–water partition coefficient (Wildman–Crippen LogP) is 2.33. The van der Waals surface area contributed by atoms with E-state index < -0.39 is 0 Å². The van der Waals surface area contributed by atoms with Gasteiger partial charge < -0.3 is 5.32 Å². The standard InChI is InChI=1S/C17H27N3/c1-12(18-10-17-11-19-20-13(17)2)15-8-7-14-5-3-4-6-16(14)9-15/h7-9,12-13,17-20H,3-6,10-11H2,1-2H3. The van der Waals surface area contributed by atoms with Crippen molar-refractivity contribution in [2.24, 2.45) is 5.92 Å². The highest BCUT2D eigenvalue weighted by molar-refractivity contribution is 5.35. The van der Waals surface area contributed by atoms with Crippen LogP contribution in [0, 0.1) is 5.92 Å². The molecule has 1 aromatic carbocycles. The quantitative estimate of drug-likeness (QED) is 0.788. The van der Waals surface area contributed by atoms with Crippen molar-refractivity contribution in [1.82, 2.24) is 16.2 Å². The maximum atomic E-state index is 3.70. The number of nitrogens with one attached hydrogen (secondary N) is 3. The predicted molar refractivity (Wildman–Crippen MR) is 83.6 cm³/mol. The van der Waals surface area contributed by atoms with Crippen LogP contribution in [0.15, 0.2) is 18.2 Å². The van der Waals surface area contributed by atoms with Crippen molar-refractivity contribution in [3.63, 3.8) is 0 Å². The zero-order valence-corrected chi connectivity index (χ0v) is 12.7. The van der Waals surface area contributed by atoms with Gasteiger partial charge in [-0.1, -0.05) is 18.2 Å². The minimum Gasteiger partial charge on any atom is -0.310 e. The van der Waals surface area contributed by atoms with E-state index in [0.717, 1.165) is 13.1 Å². The van der Waals surface area contributed by atoms with E-state index in [9.17, 15) is 0 Å². The monoisotopic (exact) mass is 273 g/mol. The molecule has 110 valence electrons. The highest BCUT2D eigenvalue weighted by atomic mass is 15.4. The Kier molecular flexibility index (Phi) is 4.39. The second kappa shape index (κ2) is 6.25. The molecule has 1 heterocycles. The number of fused-ring (bicyclic) bond motifs is 1. The van der Waals surface area contributed by atoms with Crippen LogP contribution in [-0.2, 0) is 12.8 Å². The van der Waals surface area contributed by atoms with Crippen molar-refractivity contribution in [1.29, 1.82) is 0 Å². The lowest BCUT2D eigenvalue weighted by atomic mass is 9.89. The Morgan fingerprint density at radius 1 is 1.25 bits per heavy atom. The van der Waals surface area contributed by atoms with Gasteiger partial charge in [0.05, 0.1) is 0 Å². The third kappa shape index (κ3) is 3.05. The summed E-state index contributed by atoms with van der Waals surface area (Å²) in [5.74, 6) is 0.676. The first-order chi connectivity index (χ1) is 9.74. The first-order valence-corrected chi connectivity index (χ1v) is 8.07. The molecule has 1 aromatic rings. The molecule has 3 atom stereocenters. The molecule has 3 N–H and O–H groups in total. The Morgan fingerprint density at radius 3 is 2.80 bits per heavy atom. The van der Waals surface area contributed by atoms with Gasteiger partial charge in [-0.3, -0.25) is 10.9 Å². The van der Waals surface area contributed by atoms with E-state index in [0.29, 0.717) is 18.0 Å². The van der Waals surface area contributed by atoms with E-state index in [-0.39, 0.29) is 0 Å². The molecule has 20 heavy (non-hydrogen) atoms. The summed E-state index contributed by atoms with van der Waals surface area (Å²) in [7, 11) is 0. The lowest BCUT2D eigenvalue weighted by Crippen LogP contribution is -2.33. The fraction of sp³-hybridized carbons (Fsp3) is 0.647. The summed E-state index contributed by atoms with van der Waals surface area (Å²) in [5.41, 5.74) is 11.1. The summed E-state index contributed by atoms with van der Waals surface area (Å²) >= 11 is 0. The third-order valence-electron chi connectivity index (χ3n) is 4.96. The molecule has 0 spiro atoms. The molecule has 1 aliphatic heterocycles. The van der Waals surface area contributed by atoms with Crippen LogP contribution in [0.25, 0.3) is 0 Å². The molecule has 0 radical (unpaired) electrons. The second-order valence-electron chi connectivity index (χ2n) is 6.44. The van der Waals surface area contributed by atoms with Crippen LogP contribution in [-0.4, -0.2) is 19.1 Å². The normalized spacial score (nSPS) is 27.3. The molecule has 2 aliphatic rings. The van der Waals surface area contributed by atoms with E-state index in [1.165, 1.54) is 31.2 Å². The molecule has 0 saturated carbocycles. The van der Waals surface area contributed by atoms with Crippen LogP contribution < -0.4 is 16.2 Å². The fourth-order valence-corrected chi connectivity index (χ4v) is 3.36. The van der Waals surface area contributed by atoms with E-state index in [2.05, 4.69) is 48.2 Å². The van der Waals surface area contributed by atoms with E-state index in [1.54, 1.807) is 11.1 Å². The zero-order valence-electron chi connectivity index (χ0n) is 12.7. The second-order valence-corrected chi connectivity index (χ2v) is 6.44. The average molecular weight is 273 g/mol. The minimum absolute atomic E-state index is 0.440. The summed E-state index contributed by atoms with van der Waals surface area (Å²) in [5, 5.41) is 3.70. The Balaban J connectivity index is 1.60. The maximum Gasteiger partial charge on any atom is 0.0292 e. The van der Waals surface area contributed by atoms with Crippen molar-refractivity contribution in [2.45, 2.75) is 51.6 Å². The van der Waals surface area contributed by atoms with Crippen LogP contribution in [0.4, 0.5) is 0 Å². The molecule has 1 aliphatic carbocycles. The summed E-state index contributed by atoms with van der Waals surface area (Å²) in [6, 6.07) is 8.09. The van der Waals surface area contributed by atoms with Crippen molar-refractivity contribution in [3.8, 4) is 0 Å². The molecule has 3 nitrogen and oxygen atoms in total. The number of rotatable bonds is 4.